The average Bonchev–Trinajstić information content (AvgIpc) is 2.33. The molecular formula is C13H11ClFN3S. The molecule has 0 unspecified atom stereocenters. The Labute approximate surface area is 120 Å². The number of halogens is 2. The van der Waals surface area contributed by atoms with Crippen molar-refractivity contribution in [3.63, 3.8) is 0 Å². The van der Waals surface area contributed by atoms with E-state index in [1.807, 2.05) is 0 Å². The monoisotopic (exact) mass is 295 g/mol. The van der Waals surface area contributed by atoms with Crippen LogP contribution in [0.5, 0.6) is 0 Å². The molecule has 0 spiro atoms. The molecule has 2 aromatic rings. The van der Waals surface area contributed by atoms with Crippen LogP contribution in [0.3, 0.4) is 0 Å². The summed E-state index contributed by atoms with van der Waals surface area (Å²) in [7, 11) is 0. The molecular weight excluding hydrogens is 285 g/mol. The van der Waals surface area contributed by atoms with Gasteiger partial charge in [-0.25, -0.2) is 9.37 Å². The van der Waals surface area contributed by atoms with E-state index in [0.29, 0.717) is 16.4 Å². The molecule has 6 heteroatoms. The molecule has 0 amide bonds. The van der Waals surface area contributed by atoms with Gasteiger partial charge in [-0.15, -0.1) is 0 Å². The Morgan fingerprint density at radius 3 is 2.79 bits per heavy atom. The van der Waals surface area contributed by atoms with Gasteiger partial charge in [-0.3, -0.25) is 0 Å². The summed E-state index contributed by atoms with van der Waals surface area (Å²) in [5, 5.41) is 3.30. The molecule has 0 aliphatic heterocycles. The standard InChI is InChI=1S/C13H11ClFN3S/c1-7-4-8(13(16)19)5-12(17-7)18-11-6-9(14)2-3-10(11)15/h2-6H,1H3,(H2,16,19)(H,17,18). The van der Waals surface area contributed by atoms with Crippen molar-refractivity contribution in [2.45, 2.75) is 6.92 Å². The van der Waals surface area contributed by atoms with Gasteiger partial charge in [0.1, 0.15) is 16.6 Å². The first kappa shape index (κ1) is 13.7. The van der Waals surface area contributed by atoms with E-state index in [-0.39, 0.29) is 10.7 Å². The summed E-state index contributed by atoms with van der Waals surface area (Å²) in [6.07, 6.45) is 0. The number of nitrogens with two attached hydrogens (primary N) is 1. The van der Waals surface area contributed by atoms with Crippen LogP contribution in [-0.2, 0) is 0 Å². The van der Waals surface area contributed by atoms with Gasteiger partial charge in [0.2, 0.25) is 0 Å². The zero-order chi connectivity index (χ0) is 14.0. The Morgan fingerprint density at radius 2 is 2.11 bits per heavy atom. The molecule has 19 heavy (non-hydrogen) atoms. The molecule has 3 nitrogen and oxygen atoms in total. The molecule has 2 rings (SSSR count). The van der Waals surface area contributed by atoms with Crippen molar-refractivity contribution in [2.75, 3.05) is 5.32 Å². The van der Waals surface area contributed by atoms with Crippen LogP contribution in [0.4, 0.5) is 15.9 Å². The van der Waals surface area contributed by atoms with Crippen molar-refractivity contribution < 1.29 is 4.39 Å². The van der Waals surface area contributed by atoms with Gasteiger partial charge in [0, 0.05) is 16.3 Å². The van der Waals surface area contributed by atoms with Gasteiger partial charge < -0.3 is 11.1 Å². The lowest BCUT2D eigenvalue weighted by Gasteiger charge is -2.09. The van der Waals surface area contributed by atoms with Crippen LogP contribution in [0, 0.1) is 12.7 Å². The zero-order valence-electron chi connectivity index (χ0n) is 10.1. The molecule has 0 aliphatic rings. The zero-order valence-corrected chi connectivity index (χ0v) is 11.6. The van der Waals surface area contributed by atoms with Gasteiger partial charge >= 0.3 is 0 Å². The van der Waals surface area contributed by atoms with E-state index < -0.39 is 5.82 Å². The van der Waals surface area contributed by atoms with Gasteiger partial charge in [-0.1, -0.05) is 23.8 Å². The van der Waals surface area contributed by atoms with Crippen LogP contribution in [0.15, 0.2) is 30.3 Å². The fourth-order valence-electron chi connectivity index (χ4n) is 1.61. The first-order valence-electron chi connectivity index (χ1n) is 5.46. The molecule has 0 fully saturated rings. The average molecular weight is 296 g/mol. The van der Waals surface area contributed by atoms with Crippen LogP contribution in [0.1, 0.15) is 11.3 Å². The minimum atomic E-state index is -0.412. The highest BCUT2D eigenvalue weighted by atomic mass is 35.5. The molecule has 0 aliphatic carbocycles. The van der Waals surface area contributed by atoms with Gasteiger partial charge in [0.15, 0.2) is 0 Å². The Morgan fingerprint density at radius 1 is 1.37 bits per heavy atom. The van der Waals surface area contributed by atoms with E-state index in [9.17, 15) is 4.39 Å². The SMILES string of the molecule is Cc1cc(C(N)=S)cc(Nc2cc(Cl)ccc2F)n1. The number of hydrogen-bond acceptors (Lipinski definition) is 3. The third kappa shape index (κ3) is 3.39. The molecule has 0 radical (unpaired) electrons. The van der Waals surface area contributed by atoms with E-state index in [2.05, 4.69) is 10.3 Å². The lowest BCUT2D eigenvalue weighted by molar-refractivity contribution is 0.632. The minimum absolute atomic E-state index is 0.250. The first-order valence-corrected chi connectivity index (χ1v) is 6.25. The van der Waals surface area contributed by atoms with E-state index in [0.717, 1.165) is 5.69 Å². The topological polar surface area (TPSA) is 50.9 Å². The third-order valence-corrected chi connectivity index (χ3v) is 2.90. The summed E-state index contributed by atoms with van der Waals surface area (Å²) < 4.78 is 13.6. The molecule has 1 aromatic heterocycles. The Balaban J connectivity index is 2.38. The third-order valence-electron chi connectivity index (χ3n) is 2.43. The van der Waals surface area contributed by atoms with Crippen LogP contribution in [0.25, 0.3) is 0 Å². The molecule has 98 valence electrons. The molecule has 3 N–H and O–H groups in total. The van der Waals surface area contributed by atoms with Crippen LogP contribution < -0.4 is 11.1 Å². The number of hydrogen-bond donors (Lipinski definition) is 2. The number of thiocarbonyl (C=S) groups is 1. The second kappa shape index (κ2) is 5.50. The summed E-state index contributed by atoms with van der Waals surface area (Å²) >= 11 is 10.7. The van der Waals surface area contributed by atoms with E-state index in [1.54, 1.807) is 19.1 Å². The van der Waals surface area contributed by atoms with Gasteiger partial charge in [-0.2, -0.15) is 0 Å². The molecule has 1 heterocycles. The number of nitrogens with zero attached hydrogens (tertiary/aromatic N) is 1. The van der Waals surface area contributed by atoms with Crippen molar-refractivity contribution >= 4 is 40.3 Å². The number of aryl methyl sites for hydroxylation is 1. The van der Waals surface area contributed by atoms with Crippen molar-refractivity contribution in [3.05, 3.63) is 52.4 Å². The highest BCUT2D eigenvalue weighted by Crippen LogP contribution is 2.23. The largest absolute Gasteiger partial charge is 0.389 e. The summed E-state index contributed by atoms with van der Waals surface area (Å²) in [6, 6.07) is 7.68. The van der Waals surface area contributed by atoms with Gasteiger partial charge in [-0.05, 0) is 37.3 Å². The highest BCUT2D eigenvalue weighted by molar-refractivity contribution is 7.80. The number of pyridine rings is 1. The summed E-state index contributed by atoms with van der Waals surface area (Å²) in [5.74, 6) is 0.0496. The van der Waals surface area contributed by atoms with Crippen LogP contribution >= 0.6 is 23.8 Å². The van der Waals surface area contributed by atoms with Crippen LogP contribution in [0.2, 0.25) is 5.02 Å². The maximum atomic E-state index is 13.6. The van der Waals surface area contributed by atoms with Crippen molar-refractivity contribution in [1.82, 2.24) is 4.98 Å². The first-order chi connectivity index (χ1) is 8.95. The quantitative estimate of drug-likeness (QED) is 0.850. The number of rotatable bonds is 3. The maximum absolute atomic E-state index is 13.6. The Hall–Kier alpha value is -1.72. The van der Waals surface area contributed by atoms with Crippen molar-refractivity contribution in [2.24, 2.45) is 5.73 Å². The molecule has 1 aromatic carbocycles. The molecule has 0 saturated carbocycles. The number of nitrogens with one attached hydrogen (secondary N) is 1. The molecule has 0 saturated heterocycles. The maximum Gasteiger partial charge on any atom is 0.146 e. The summed E-state index contributed by atoms with van der Waals surface area (Å²) in [6.45, 7) is 1.81. The normalized spacial score (nSPS) is 10.3. The predicted molar refractivity (Wildman–Crippen MR) is 79.6 cm³/mol. The number of benzene rings is 1. The second-order valence-electron chi connectivity index (χ2n) is 4.00. The lowest BCUT2D eigenvalue weighted by Crippen LogP contribution is -2.11. The number of anilines is 2. The van der Waals surface area contributed by atoms with Crippen LogP contribution in [-0.4, -0.2) is 9.97 Å². The summed E-state index contributed by atoms with van der Waals surface area (Å²) in [5.41, 5.74) is 7.23. The fraction of sp³-hybridized carbons (Fsp3) is 0.0769. The second-order valence-corrected chi connectivity index (χ2v) is 4.87. The van der Waals surface area contributed by atoms with E-state index >= 15 is 0 Å². The van der Waals surface area contributed by atoms with Crippen molar-refractivity contribution in [1.29, 1.82) is 0 Å². The van der Waals surface area contributed by atoms with Gasteiger partial charge in [0.25, 0.3) is 0 Å². The lowest BCUT2D eigenvalue weighted by atomic mass is 10.2. The van der Waals surface area contributed by atoms with Gasteiger partial charge in [0.05, 0.1) is 5.69 Å². The fourth-order valence-corrected chi connectivity index (χ4v) is 1.90. The predicted octanol–water partition coefficient (Wildman–Crippen LogP) is 3.56. The van der Waals surface area contributed by atoms with Crippen molar-refractivity contribution in [3.8, 4) is 0 Å². The summed E-state index contributed by atoms with van der Waals surface area (Å²) in [4.78, 5) is 4.51. The Kier molecular flexibility index (Phi) is 3.97. The smallest absolute Gasteiger partial charge is 0.146 e. The van der Waals surface area contributed by atoms with E-state index in [4.69, 9.17) is 29.6 Å². The van der Waals surface area contributed by atoms with E-state index in [1.165, 1.54) is 18.2 Å². The Bertz CT molecular complexity index is 646. The molecule has 0 atom stereocenters. The number of aromatic nitrogens is 1. The minimum Gasteiger partial charge on any atom is -0.389 e. The highest BCUT2D eigenvalue weighted by Gasteiger charge is 2.07. The molecule has 0 bridgehead atoms.